The zero-order valence-corrected chi connectivity index (χ0v) is 17.1. The predicted octanol–water partition coefficient (Wildman–Crippen LogP) is 3.30. The number of pyridine rings is 1. The summed E-state index contributed by atoms with van der Waals surface area (Å²) in [4.78, 5) is 13.0. The quantitative estimate of drug-likeness (QED) is 0.505. The number of nitrogens with zero attached hydrogens (tertiary/aromatic N) is 5. The standard InChI is InChI=1S/C23H23FN6O/c24-16-9-11-17(12-10-16)30-19-7-3-1-2-6-18(19)22(28-30)23(31)25-14-13-21-27-26-20-8-4-5-15-29(20)21/h4-5,8-12,15H,1-3,6-7,13-14H2,(H,25,31). The summed E-state index contributed by atoms with van der Waals surface area (Å²) in [5.74, 6) is 0.320. The Morgan fingerprint density at radius 3 is 2.74 bits per heavy atom. The summed E-state index contributed by atoms with van der Waals surface area (Å²) in [5.41, 5.74) is 4.08. The van der Waals surface area contributed by atoms with Gasteiger partial charge in [-0.25, -0.2) is 9.07 Å². The third kappa shape index (κ3) is 3.81. The number of carbonyl (C=O) groups excluding carboxylic acids is 1. The van der Waals surface area contributed by atoms with Gasteiger partial charge in [0, 0.05) is 30.4 Å². The number of fused-ring (bicyclic) bond motifs is 2. The average molecular weight is 418 g/mol. The molecule has 0 saturated carbocycles. The minimum Gasteiger partial charge on any atom is -0.350 e. The molecule has 3 heterocycles. The normalized spacial score (nSPS) is 13.7. The first-order chi connectivity index (χ1) is 15.2. The van der Waals surface area contributed by atoms with Gasteiger partial charge in [0.2, 0.25) is 0 Å². The fourth-order valence-electron chi connectivity index (χ4n) is 4.19. The molecular formula is C23H23FN6O. The monoisotopic (exact) mass is 418 g/mol. The van der Waals surface area contributed by atoms with E-state index in [0.29, 0.717) is 18.7 Å². The molecule has 1 N–H and O–H groups in total. The van der Waals surface area contributed by atoms with E-state index in [1.165, 1.54) is 12.1 Å². The van der Waals surface area contributed by atoms with Crippen molar-refractivity contribution in [2.45, 2.75) is 38.5 Å². The lowest BCUT2D eigenvalue weighted by molar-refractivity contribution is 0.0947. The minimum absolute atomic E-state index is 0.187. The highest BCUT2D eigenvalue weighted by Crippen LogP contribution is 2.26. The van der Waals surface area contributed by atoms with Gasteiger partial charge in [0.25, 0.3) is 5.91 Å². The van der Waals surface area contributed by atoms with E-state index < -0.39 is 0 Å². The van der Waals surface area contributed by atoms with Gasteiger partial charge >= 0.3 is 0 Å². The average Bonchev–Trinajstić information content (AvgIpc) is 3.27. The molecule has 1 aliphatic carbocycles. The van der Waals surface area contributed by atoms with Crippen LogP contribution in [0, 0.1) is 5.82 Å². The van der Waals surface area contributed by atoms with E-state index in [0.717, 1.165) is 60.5 Å². The van der Waals surface area contributed by atoms with Gasteiger partial charge in [-0.1, -0.05) is 12.5 Å². The Morgan fingerprint density at radius 1 is 1.03 bits per heavy atom. The number of halogens is 1. The number of benzene rings is 1. The van der Waals surface area contributed by atoms with Crippen LogP contribution in [0.3, 0.4) is 0 Å². The summed E-state index contributed by atoms with van der Waals surface area (Å²) in [6.07, 6.45) is 7.38. The Kier molecular flexibility index (Phi) is 5.19. The van der Waals surface area contributed by atoms with Crippen LogP contribution in [0.2, 0.25) is 0 Å². The molecule has 5 rings (SSSR count). The van der Waals surface area contributed by atoms with Gasteiger partial charge in [-0.3, -0.25) is 9.20 Å². The summed E-state index contributed by atoms with van der Waals surface area (Å²) in [7, 11) is 0. The van der Waals surface area contributed by atoms with Gasteiger partial charge in [0.1, 0.15) is 11.6 Å². The molecule has 4 aromatic rings. The summed E-state index contributed by atoms with van der Waals surface area (Å²) < 4.78 is 17.1. The molecule has 0 unspecified atom stereocenters. The lowest BCUT2D eigenvalue weighted by Crippen LogP contribution is -2.27. The van der Waals surface area contributed by atoms with Gasteiger partial charge in [-0.2, -0.15) is 5.10 Å². The van der Waals surface area contributed by atoms with Crippen molar-refractivity contribution in [2.75, 3.05) is 6.54 Å². The number of carbonyl (C=O) groups is 1. The molecule has 1 amide bonds. The molecule has 0 atom stereocenters. The topological polar surface area (TPSA) is 77.1 Å². The maximum Gasteiger partial charge on any atom is 0.272 e. The second-order valence-electron chi connectivity index (χ2n) is 7.77. The van der Waals surface area contributed by atoms with E-state index in [4.69, 9.17) is 0 Å². The van der Waals surface area contributed by atoms with Gasteiger partial charge < -0.3 is 5.32 Å². The van der Waals surface area contributed by atoms with Crippen molar-refractivity contribution in [1.82, 2.24) is 29.7 Å². The Morgan fingerprint density at radius 2 is 1.87 bits per heavy atom. The van der Waals surface area contributed by atoms with Crippen LogP contribution in [0.15, 0.2) is 48.7 Å². The van der Waals surface area contributed by atoms with Crippen LogP contribution in [0.25, 0.3) is 11.3 Å². The summed E-state index contributed by atoms with van der Waals surface area (Å²) in [6, 6.07) is 12.0. The Balaban J connectivity index is 1.37. The number of nitrogens with one attached hydrogen (secondary N) is 1. The van der Waals surface area contributed by atoms with E-state index >= 15 is 0 Å². The van der Waals surface area contributed by atoms with Crippen molar-refractivity contribution in [2.24, 2.45) is 0 Å². The van der Waals surface area contributed by atoms with Crippen LogP contribution < -0.4 is 5.32 Å². The second-order valence-corrected chi connectivity index (χ2v) is 7.77. The van der Waals surface area contributed by atoms with E-state index in [-0.39, 0.29) is 11.7 Å². The first kappa shape index (κ1) is 19.4. The van der Waals surface area contributed by atoms with Crippen molar-refractivity contribution in [3.05, 3.63) is 77.3 Å². The van der Waals surface area contributed by atoms with Crippen molar-refractivity contribution in [3.63, 3.8) is 0 Å². The van der Waals surface area contributed by atoms with Crippen molar-refractivity contribution >= 4 is 11.6 Å². The summed E-state index contributed by atoms with van der Waals surface area (Å²) >= 11 is 0. The molecule has 3 aromatic heterocycles. The predicted molar refractivity (Wildman–Crippen MR) is 114 cm³/mol. The van der Waals surface area contributed by atoms with Crippen molar-refractivity contribution in [3.8, 4) is 5.69 Å². The fraction of sp³-hybridized carbons (Fsp3) is 0.304. The Bertz CT molecular complexity index is 1230. The number of hydrogen-bond acceptors (Lipinski definition) is 4. The van der Waals surface area contributed by atoms with Crippen LogP contribution in [0.5, 0.6) is 0 Å². The molecule has 7 nitrogen and oxygen atoms in total. The van der Waals surface area contributed by atoms with Crippen LogP contribution in [-0.4, -0.2) is 36.8 Å². The van der Waals surface area contributed by atoms with Crippen molar-refractivity contribution < 1.29 is 9.18 Å². The summed E-state index contributed by atoms with van der Waals surface area (Å²) in [6.45, 7) is 0.437. The number of hydrogen-bond donors (Lipinski definition) is 1. The minimum atomic E-state index is -0.291. The Labute approximate surface area is 178 Å². The highest BCUT2D eigenvalue weighted by molar-refractivity contribution is 5.94. The van der Waals surface area contributed by atoms with Gasteiger partial charge in [-0.05, 0) is 62.1 Å². The highest BCUT2D eigenvalue weighted by atomic mass is 19.1. The van der Waals surface area contributed by atoms with E-state index in [1.54, 1.807) is 16.8 Å². The first-order valence-electron chi connectivity index (χ1n) is 10.6. The molecule has 1 aromatic carbocycles. The molecule has 0 bridgehead atoms. The zero-order valence-electron chi connectivity index (χ0n) is 17.1. The Hall–Kier alpha value is -3.55. The molecule has 0 spiro atoms. The zero-order chi connectivity index (χ0) is 21.2. The molecule has 1 aliphatic rings. The molecule has 0 fully saturated rings. The van der Waals surface area contributed by atoms with Gasteiger partial charge in [0.05, 0.1) is 5.69 Å². The van der Waals surface area contributed by atoms with E-state index in [1.807, 2.05) is 28.8 Å². The number of aromatic nitrogens is 5. The van der Waals surface area contributed by atoms with Crippen LogP contribution in [-0.2, 0) is 19.3 Å². The van der Waals surface area contributed by atoms with Gasteiger partial charge in [-0.15, -0.1) is 10.2 Å². The summed E-state index contributed by atoms with van der Waals surface area (Å²) in [5, 5.41) is 16.0. The number of amides is 1. The van der Waals surface area contributed by atoms with E-state index in [2.05, 4.69) is 20.6 Å². The molecular weight excluding hydrogens is 395 g/mol. The second kappa shape index (κ2) is 8.29. The lowest BCUT2D eigenvalue weighted by Gasteiger charge is -2.07. The van der Waals surface area contributed by atoms with Crippen LogP contribution in [0.4, 0.5) is 4.39 Å². The molecule has 8 heteroatoms. The maximum absolute atomic E-state index is 13.4. The third-order valence-electron chi connectivity index (χ3n) is 5.73. The smallest absolute Gasteiger partial charge is 0.272 e. The van der Waals surface area contributed by atoms with Gasteiger partial charge in [0.15, 0.2) is 11.3 Å². The molecule has 158 valence electrons. The molecule has 0 saturated heterocycles. The third-order valence-corrected chi connectivity index (χ3v) is 5.73. The molecule has 31 heavy (non-hydrogen) atoms. The molecule has 0 aliphatic heterocycles. The lowest BCUT2D eigenvalue weighted by atomic mass is 10.1. The highest BCUT2D eigenvalue weighted by Gasteiger charge is 2.24. The number of rotatable bonds is 5. The molecule has 0 radical (unpaired) electrons. The SMILES string of the molecule is O=C(NCCc1nnc2ccccn12)c1nn(-c2ccc(F)cc2)c2c1CCCCC2. The fourth-order valence-corrected chi connectivity index (χ4v) is 4.19. The van der Waals surface area contributed by atoms with Crippen molar-refractivity contribution in [1.29, 1.82) is 0 Å². The van der Waals surface area contributed by atoms with Crippen LogP contribution in [0.1, 0.15) is 46.8 Å². The van der Waals surface area contributed by atoms with Crippen LogP contribution >= 0.6 is 0 Å². The van der Waals surface area contributed by atoms with E-state index in [9.17, 15) is 9.18 Å². The largest absolute Gasteiger partial charge is 0.350 e. The maximum atomic E-state index is 13.4. The first-order valence-corrected chi connectivity index (χ1v) is 10.6.